The molecule has 27 heavy (non-hydrogen) atoms. The summed E-state index contributed by atoms with van der Waals surface area (Å²) < 4.78 is 0. The van der Waals surface area contributed by atoms with Crippen LogP contribution in [0.4, 0.5) is 0 Å². The van der Waals surface area contributed by atoms with Crippen LogP contribution in [0.1, 0.15) is 81.0 Å². The van der Waals surface area contributed by atoms with Crippen LogP contribution in [0.3, 0.4) is 0 Å². The number of aryl methyl sites for hydroxylation is 2. The molecule has 0 N–H and O–H groups in total. The van der Waals surface area contributed by atoms with E-state index in [0.717, 1.165) is 17.5 Å². The maximum absolute atomic E-state index is 4.17. The molecule has 0 aliphatic carbocycles. The van der Waals surface area contributed by atoms with Crippen molar-refractivity contribution in [2.24, 2.45) is 10.2 Å². The molecule has 0 amide bonds. The lowest BCUT2D eigenvalue weighted by atomic mass is 10.0. The van der Waals surface area contributed by atoms with Crippen molar-refractivity contribution in [3.63, 3.8) is 0 Å². The lowest BCUT2D eigenvalue weighted by molar-refractivity contribution is 0.607. The summed E-state index contributed by atoms with van der Waals surface area (Å²) in [6.07, 6.45) is 15.2. The SMILES string of the molecule is CCCCCCCCc1ccc(C=NN=Cc2ccc(CCC)cc2)cc1. The summed E-state index contributed by atoms with van der Waals surface area (Å²) in [6, 6.07) is 17.2. The standard InChI is InChI=1S/C25H34N2/c1-3-5-6-7-8-9-11-23-14-18-25(19-15-23)21-27-26-20-24-16-12-22(10-4-2)13-17-24/h12-21H,3-11H2,1-2H3. The Morgan fingerprint density at radius 3 is 1.56 bits per heavy atom. The Kier molecular flexibility index (Phi) is 10.2. The van der Waals surface area contributed by atoms with Gasteiger partial charge >= 0.3 is 0 Å². The molecule has 2 nitrogen and oxygen atoms in total. The Hall–Kier alpha value is -2.22. The van der Waals surface area contributed by atoms with Gasteiger partial charge in [0.1, 0.15) is 0 Å². The van der Waals surface area contributed by atoms with Crippen molar-refractivity contribution in [2.75, 3.05) is 0 Å². The largest absolute Gasteiger partial charge is 0.159 e. The van der Waals surface area contributed by atoms with Gasteiger partial charge in [-0.1, -0.05) is 101 Å². The van der Waals surface area contributed by atoms with Crippen LogP contribution < -0.4 is 0 Å². The molecular weight excluding hydrogens is 328 g/mol. The molecular formula is C25H34N2. The molecule has 0 atom stereocenters. The first-order valence-corrected chi connectivity index (χ1v) is 10.6. The van der Waals surface area contributed by atoms with Gasteiger partial charge in [-0.3, -0.25) is 0 Å². The van der Waals surface area contributed by atoms with Gasteiger partial charge in [0, 0.05) is 0 Å². The molecule has 2 aromatic rings. The van der Waals surface area contributed by atoms with E-state index >= 15 is 0 Å². The van der Waals surface area contributed by atoms with Gasteiger partial charge in [-0.25, -0.2) is 0 Å². The average molecular weight is 363 g/mol. The first-order chi connectivity index (χ1) is 13.3. The first kappa shape index (κ1) is 21.1. The molecule has 2 aromatic carbocycles. The van der Waals surface area contributed by atoms with Gasteiger partial charge in [-0.2, -0.15) is 10.2 Å². The summed E-state index contributed by atoms with van der Waals surface area (Å²) in [7, 11) is 0. The zero-order chi connectivity index (χ0) is 19.2. The van der Waals surface area contributed by atoms with E-state index < -0.39 is 0 Å². The third-order valence-corrected chi connectivity index (χ3v) is 4.80. The summed E-state index contributed by atoms with van der Waals surface area (Å²) >= 11 is 0. The van der Waals surface area contributed by atoms with Gasteiger partial charge in [0.05, 0.1) is 12.4 Å². The molecule has 2 rings (SSSR count). The summed E-state index contributed by atoms with van der Waals surface area (Å²) in [5, 5.41) is 8.34. The highest BCUT2D eigenvalue weighted by Gasteiger charge is 1.95. The molecule has 0 heterocycles. The maximum Gasteiger partial charge on any atom is 0.0568 e. The highest BCUT2D eigenvalue weighted by Crippen LogP contribution is 2.11. The van der Waals surface area contributed by atoms with E-state index in [-0.39, 0.29) is 0 Å². The highest BCUT2D eigenvalue weighted by atomic mass is 15.2. The second kappa shape index (κ2) is 13.0. The van der Waals surface area contributed by atoms with Crippen LogP contribution in [-0.4, -0.2) is 12.4 Å². The van der Waals surface area contributed by atoms with Gasteiger partial charge in [0.25, 0.3) is 0 Å². The Bertz CT molecular complexity index is 681. The van der Waals surface area contributed by atoms with Crippen molar-refractivity contribution >= 4 is 12.4 Å². The Morgan fingerprint density at radius 1 is 0.556 bits per heavy atom. The maximum atomic E-state index is 4.17. The monoisotopic (exact) mass is 362 g/mol. The predicted molar refractivity (Wildman–Crippen MR) is 119 cm³/mol. The van der Waals surface area contributed by atoms with Crippen LogP contribution >= 0.6 is 0 Å². The second-order valence-corrected chi connectivity index (χ2v) is 7.24. The number of rotatable bonds is 12. The molecule has 0 saturated carbocycles. The van der Waals surface area contributed by atoms with Gasteiger partial charge in [-0.05, 0) is 41.5 Å². The summed E-state index contributed by atoms with van der Waals surface area (Å²) in [5.74, 6) is 0. The zero-order valence-corrected chi connectivity index (χ0v) is 17.0. The van der Waals surface area contributed by atoms with Crippen molar-refractivity contribution in [1.82, 2.24) is 0 Å². The molecule has 0 unspecified atom stereocenters. The van der Waals surface area contributed by atoms with Crippen molar-refractivity contribution in [2.45, 2.75) is 71.6 Å². The Balaban J connectivity index is 1.73. The van der Waals surface area contributed by atoms with Crippen LogP contribution in [0.25, 0.3) is 0 Å². The molecule has 0 bridgehead atoms. The molecule has 0 aromatic heterocycles. The zero-order valence-electron chi connectivity index (χ0n) is 17.0. The fourth-order valence-corrected chi connectivity index (χ4v) is 3.14. The minimum absolute atomic E-state index is 1.08. The number of hydrogen-bond donors (Lipinski definition) is 0. The van der Waals surface area contributed by atoms with Crippen LogP contribution in [0.2, 0.25) is 0 Å². The molecule has 0 fully saturated rings. The number of unbranched alkanes of at least 4 members (excludes halogenated alkanes) is 5. The van der Waals surface area contributed by atoms with E-state index in [9.17, 15) is 0 Å². The van der Waals surface area contributed by atoms with Gasteiger partial charge in [0.15, 0.2) is 0 Å². The normalized spacial score (nSPS) is 11.6. The summed E-state index contributed by atoms with van der Waals surface area (Å²) in [5.41, 5.74) is 4.97. The first-order valence-electron chi connectivity index (χ1n) is 10.6. The molecule has 2 heteroatoms. The summed E-state index contributed by atoms with van der Waals surface area (Å²) in [4.78, 5) is 0. The van der Waals surface area contributed by atoms with Gasteiger partial charge in [0.2, 0.25) is 0 Å². The van der Waals surface area contributed by atoms with Crippen molar-refractivity contribution < 1.29 is 0 Å². The fraction of sp³-hybridized carbons (Fsp3) is 0.440. The van der Waals surface area contributed by atoms with Crippen molar-refractivity contribution in [1.29, 1.82) is 0 Å². The fourth-order valence-electron chi connectivity index (χ4n) is 3.14. The minimum atomic E-state index is 1.08. The van der Waals surface area contributed by atoms with Crippen LogP contribution in [0.5, 0.6) is 0 Å². The minimum Gasteiger partial charge on any atom is -0.159 e. The molecule has 0 aliphatic heterocycles. The molecule has 0 radical (unpaired) electrons. The van der Waals surface area contributed by atoms with Crippen LogP contribution in [0.15, 0.2) is 58.7 Å². The van der Waals surface area contributed by atoms with Crippen molar-refractivity contribution in [3.8, 4) is 0 Å². The number of benzene rings is 2. The molecule has 0 aliphatic rings. The number of hydrogen-bond acceptors (Lipinski definition) is 2. The lowest BCUT2D eigenvalue weighted by Gasteiger charge is -2.02. The third kappa shape index (κ3) is 8.81. The summed E-state index contributed by atoms with van der Waals surface area (Å²) in [6.45, 7) is 4.46. The predicted octanol–water partition coefficient (Wildman–Crippen LogP) is 7.00. The quantitative estimate of drug-likeness (QED) is 0.221. The second-order valence-electron chi connectivity index (χ2n) is 7.24. The highest BCUT2D eigenvalue weighted by molar-refractivity contribution is 5.82. The van der Waals surface area contributed by atoms with E-state index in [1.54, 1.807) is 6.21 Å². The van der Waals surface area contributed by atoms with Gasteiger partial charge < -0.3 is 0 Å². The van der Waals surface area contributed by atoms with E-state index in [1.807, 2.05) is 6.21 Å². The van der Waals surface area contributed by atoms with E-state index in [4.69, 9.17) is 0 Å². The van der Waals surface area contributed by atoms with E-state index in [1.165, 1.54) is 62.5 Å². The molecule has 0 saturated heterocycles. The molecule has 0 spiro atoms. The Morgan fingerprint density at radius 2 is 1.04 bits per heavy atom. The van der Waals surface area contributed by atoms with Crippen molar-refractivity contribution in [3.05, 3.63) is 70.8 Å². The topological polar surface area (TPSA) is 24.7 Å². The van der Waals surface area contributed by atoms with Crippen LogP contribution in [0, 0.1) is 0 Å². The smallest absolute Gasteiger partial charge is 0.0568 e. The average Bonchev–Trinajstić information content (AvgIpc) is 2.70. The Labute approximate surface area is 165 Å². The van der Waals surface area contributed by atoms with E-state index in [0.29, 0.717) is 0 Å². The third-order valence-electron chi connectivity index (χ3n) is 4.80. The van der Waals surface area contributed by atoms with E-state index in [2.05, 4.69) is 72.6 Å². The van der Waals surface area contributed by atoms with Gasteiger partial charge in [-0.15, -0.1) is 0 Å². The lowest BCUT2D eigenvalue weighted by Crippen LogP contribution is -1.88. The molecule has 144 valence electrons. The van der Waals surface area contributed by atoms with Crippen LogP contribution in [-0.2, 0) is 12.8 Å². The number of nitrogens with zero attached hydrogens (tertiary/aromatic N) is 2.